The summed E-state index contributed by atoms with van der Waals surface area (Å²) in [7, 11) is 0. The summed E-state index contributed by atoms with van der Waals surface area (Å²) < 4.78 is 2.49. The molecule has 0 saturated heterocycles. The summed E-state index contributed by atoms with van der Waals surface area (Å²) in [6.45, 7) is 21.2. The molecule has 0 aliphatic carbocycles. The van der Waals surface area contributed by atoms with E-state index in [9.17, 15) is 0 Å². The third-order valence-corrected chi connectivity index (χ3v) is 5.92. The van der Waals surface area contributed by atoms with Crippen molar-refractivity contribution in [2.45, 2.75) is 84.8 Å². The fourth-order valence-corrected chi connectivity index (χ4v) is 4.50. The van der Waals surface area contributed by atoms with E-state index in [1.165, 1.54) is 40.8 Å². The van der Waals surface area contributed by atoms with Gasteiger partial charge in [-0.3, -0.25) is 0 Å². The van der Waals surface area contributed by atoms with Crippen molar-refractivity contribution < 1.29 is 0 Å². The van der Waals surface area contributed by atoms with Crippen LogP contribution in [0.1, 0.15) is 88.9 Å². The first-order valence-corrected chi connectivity index (χ1v) is 10.3. The number of nitrogens with zero attached hydrogens (tertiary/aromatic N) is 1. The average molecular weight is 365 g/mol. The molecule has 0 spiro atoms. The molecule has 146 valence electrons. The van der Waals surface area contributed by atoms with Crippen LogP contribution < -0.4 is 5.32 Å². The Balaban J connectivity index is 1.92. The van der Waals surface area contributed by atoms with Gasteiger partial charge in [0.2, 0.25) is 0 Å². The Hall–Kier alpha value is -1.80. The first-order chi connectivity index (χ1) is 12.5. The van der Waals surface area contributed by atoms with Crippen LogP contribution in [-0.2, 0) is 23.9 Å². The Morgan fingerprint density at radius 1 is 1.11 bits per heavy atom. The second-order valence-corrected chi connectivity index (χ2v) is 9.80. The Kier molecular flexibility index (Phi) is 5.16. The van der Waals surface area contributed by atoms with E-state index in [-0.39, 0.29) is 17.0 Å². The molecule has 1 atom stereocenters. The van der Waals surface area contributed by atoms with Crippen LogP contribution in [-0.4, -0.2) is 4.57 Å². The van der Waals surface area contributed by atoms with E-state index >= 15 is 0 Å². The Morgan fingerprint density at radius 3 is 2.30 bits per heavy atom. The van der Waals surface area contributed by atoms with Crippen LogP contribution in [0, 0.1) is 0 Å². The SMILES string of the molecule is C=C(C)c1ccc(C(C)NC(C)(C)c2c(C(C)(C)C)cn3c2CCC3)cc1. The van der Waals surface area contributed by atoms with E-state index in [0.29, 0.717) is 0 Å². The zero-order chi connectivity index (χ0) is 20.0. The Morgan fingerprint density at radius 2 is 1.74 bits per heavy atom. The van der Waals surface area contributed by atoms with E-state index in [0.717, 1.165) is 12.1 Å². The van der Waals surface area contributed by atoms with Crippen molar-refractivity contribution in [3.63, 3.8) is 0 Å². The first kappa shape index (κ1) is 19.9. The smallest absolute Gasteiger partial charge is 0.0403 e. The number of nitrogens with one attached hydrogen (secondary N) is 1. The minimum atomic E-state index is -0.0834. The topological polar surface area (TPSA) is 17.0 Å². The minimum Gasteiger partial charge on any atom is -0.351 e. The number of aryl methyl sites for hydroxylation is 1. The van der Waals surface area contributed by atoms with E-state index in [2.05, 4.69) is 95.4 Å². The number of rotatable bonds is 5. The Bertz CT molecular complexity index is 828. The lowest BCUT2D eigenvalue weighted by Crippen LogP contribution is -2.40. The quantitative estimate of drug-likeness (QED) is 0.654. The molecule has 1 aliphatic heterocycles. The molecule has 1 N–H and O–H groups in total. The van der Waals surface area contributed by atoms with E-state index in [1.54, 1.807) is 0 Å². The molecule has 1 aromatic carbocycles. The Labute approximate surface area is 165 Å². The zero-order valence-corrected chi connectivity index (χ0v) is 18.2. The molecule has 0 fully saturated rings. The van der Waals surface area contributed by atoms with Gasteiger partial charge in [-0.15, -0.1) is 0 Å². The van der Waals surface area contributed by atoms with Gasteiger partial charge in [-0.2, -0.15) is 0 Å². The largest absolute Gasteiger partial charge is 0.351 e. The molecule has 1 aromatic heterocycles. The van der Waals surface area contributed by atoms with Crippen LogP contribution >= 0.6 is 0 Å². The molecule has 0 radical (unpaired) electrons. The molecule has 0 bridgehead atoms. The highest BCUT2D eigenvalue weighted by atomic mass is 15.0. The molecule has 2 aromatic rings. The fraction of sp³-hybridized carbons (Fsp3) is 0.520. The maximum absolute atomic E-state index is 4.04. The fourth-order valence-electron chi connectivity index (χ4n) is 4.50. The van der Waals surface area contributed by atoms with Gasteiger partial charge in [0.15, 0.2) is 0 Å². The van der Waals surface area contributed by atoms with Crippen LogP contribution in [0.15, 0.2) is 37.0 Å². The molecule has 0 amide bonds. The lowest BCUT2D eigenvalue weighted by Gasteiger charge is -2.35. The lowest BCUT2D eigenvalue weighted by molar-refractivity contribution is 0.349. The number of hydrogen-bond acceptors (Lipinski definition) is 1. The van der Waals surface area contributed by atoms with Gasteiger partial charge in [0.25, 0.3) is 0 Å². The summed E-state index contributed by atoms with van der Waals surface area (Å²) >= 11 is 0. The van der Waals surface area contributed by atoms with Gasteiger partial charge < -0.3 is 9.88 Å². The zero-order valence-electron chi connectivity index (χ0n) is 18.2. The molecular formula is C25H36N2. The standard InChI is InChI=1S/C25H36N2/c1-17(2)19-11-13-20(14-12-19)18(3)26-25(7,8)23-21(24(4,5)6)16-27-15-9-10-22(23)27/h11-14,16,18,26H,1,9-10,15H2,2-8H3. The molecule has 2 heteroatoms. The van der Waals surface area contributed by atoms with E-state index in [4.69, 9.17) is 0 Å². The van der Waals surface area contributed by atoms with E-state index in [1.807, 2.05) is 0 Å². The normalized spacial score (nSPS) is 15.7. The number of hydrogen-bond donors (Lipinski definition) is 1. The van der Waals surface area contributed by atoms with Crippen molar-refractivity contribution in [1.29, 1.82) is 0 Å². The van der Waals surface area contributed by atoms with Gasteiger partial charge in [0.1, 0.15) is 0 Å². The molecular weight excluding hydrogens is 328 g/mol. The molecule has 2 nitrogen and oxygen atoms in total. The summed E-state index contributed by atoms with van der Waals surface area (Å²) in [6.07, 6.45) is 4.87. The summed E-state index contributed by atoms with van der Waals surface area (Å²) in [5.41, 5.74) is 8.24. The highest BCUT2D eigenvalue weighted by Gasteiger charge is 2.35. The van der Waals surface area contributed by atoms with Crippen LogP contribution in [0.25, 0.3) is 5.57 Å². The van der Waals surface area contributed by atoms with Crippen LogP contribution in [0.2, 0.25) is 0 Å². The number of allylic oxidation sites excluding steroid dienone is 1. The summed E-state index contributed by atoms with van der Waals surface area (Å²) in [5.74, 6) is 0. The van der Waals surface area contributed by atoms with Crippen LogP contribution in [0.4, 0.5) is 0 Å². The van der Waals surface area contributed by atoms with Crippen molar-refractivity contribution in [2.75, 3.05) is 0 Å². The van der Waals surface area contributed by atoms with Gasteiger partial charge in [-0.05, 0) is 68.2 Å². The van der Waals surface area contributed by atoms with Gasteiger partial charge in [0, 0.05) is 30.0 Å². The predicted octanol–water partition coefficient (Wildman–Crippen LogP) is 6.35. The van der Waals surface area contributed by atoms with Gasteiger partial charge in [-0.25, -0.2) is 0 Å². The third-order valence-electron chi connectivity index (χ3n) is 5.92. The molecule has 27 heavy (non-hydrogen) atoms. The molecule has 3 rings (SSSR count). The highest BCUT2D eigenvalue weighted by molar-refractivity contribution is 5.61. The predicted molar refractivity (Wildman–Crippen MR) is 117 cm³/mol. The van der Waals surface area contributed by atoms with Gasteiger partial charge in [0.05, 0.1) is 0 Å². The molecule has 1 unspecified atom stereocenters. The van der Waals surface area contributed by atoms with Gasteiger partial charge >= 0.3 is 0 Å². The minimum absolute atomic E-state index is 0.0834. The molecule has 2 heterocycles. The second-order valence-electron chi connectivity index (χ2n) is 9.80. The number of fused-ring (bicyclic) bond motifs is 1. The third kappa shape index (κ3) is 3.91. The summed E-state index contributed by atoms with van der Waals surface area (Å²) in [5, 5.41) is 3.93. The monoisotopic (exact) mass is 364 g/mol. The second kappa shape index (κ2) is 6.98. The van der Waals surface area contributed by atoms with E-state index < -0.39 is 0 Å². The summed E-state index contributed by atoms with van der Waals surface area (Å²) in [6, 6.07) is 9.10. The number of aromatic nitrogens is 1. The number of benzene rings is 1. The summed E-state index contributed by atoms with van der Waals surface area (Å²) in [4.78, 5) is 0. The molecule has 0 saturated carbocycles. The highest BCUT2D eigenvalue weighted by Crippen LogP contribution is 2.40. The maximum Gasteiger partial charge on any atom is 0.0403 e. The van der Waals surface area contributed by atoms with Crippen molar-refractivity contribution >= 4 is 5.57 Å². The van der Waals surface area contributed by atoms with Crippen LogP contribution in [0.3, 0.4) is 0 Å². The molecule has 1 aliphatic rings. The van der Waals surface area contributed by atoms with Crippen molar-refractivity contribution in [2.24, 2.45) is 0 Å². The first-order valence-electron chi connectivity index (χ1n) is 10.3. The van der Waals surface area contributed by atoms with Crippen molar-refractivity contribution in [3.05, 3.63) is 65.0 Å². The van der Waals surface area contributed by atoms with Crippen molar-refractivity contribution in [3.8, 4) is 0 Å². The lowest BCUT2D eigenvalue weighted by atomic mass is 9.79. The van der Waals surface area contributed by atoms with Crippen molar-refractivity contribution in [1.82, 2.24) is 9.88 Å². The van der Waals surface area contributed by atoms with Gasteiger partial charge in [-0.1, -0.05) is 57.2 Å². The van der Waals surface area contributed by atoms with Crippen LogP contribution in [0.5, 0.6) is 0 Å². The maximum atomic E-state index is 4.04. The average Bonchev–Trinajstić information content (AvgIpc) is 3.14.